The number of likely N-dealkylation sites (tertiary alicyclic amines) is 1. The van der Waals surface area contributed by atoms with E-state index >= 15 is 0 Å². The van der Waals surface area contributed by atoms with Gasteiger partial charge < -0.3 is 15.0 Å². The summed E-state index contributed by atoms with van der Waals surface area (Å²) < 4.78 is 5.07. The predicted octanol–water partition coefficient (Wildman–Crippen LogP) is 2.44. The fourth-order valence-electron chi connectivity index (χ4n) is 5.44. The number of nitrogens with zero attached hydrogens (tertiary/aromatic N) is 2. The molecule has 4 atom stereocenters. The summed E-state index contributed by atoms with van der Waals surface area (Å²) in [4.78, 5) is 31.2. The third-order valence-corrected chi connectivity index (χ3v) is 7.12. The molecule has 2 aliphatic carbocycles. The van der Waals surface area contributed by atoms with Crippen LogP contribution in [0.4, 0.5) is 4.79 Å². The van der Waals surface area contributed by atoms with Crippen molar-refractivity contribution in [3.8, 4) is 0 Å². The number of ether oxygens (including phenoxy) is 1. The standard InChI is InChI=1S/C21H27N3O3/c1-20(2,3)14-5-4-8-22-17(14)16-12-9-24(10-13(12)16)18(25)15-6-7-21(15)11-27-19(26)23-21/h4-5,8,12-13,15-16H,6-7,9-11H2,1-3H3,(H,23,26). The number of hydrogen-bond acceptors (Lipinski definition) is 4. The summed E-state index contributed by atoms with van der Waals surface area (Å²) in [5.41, 5.74) is 2.19. The average Bonchev–Trinajstić information content (AvgIpc) is 2.95. The zero-order valence-electron chi connectivity index (χ0n) is 16.2. The maximum absolute atomic E-state index is 13.0. The Kier molecular flexibility index (Phi) is 3.44. The summed E-state index contributed by atoms with van der Waals surface area (Å²) >= 11 is 0. The predicted molar refractivity (Wildman–Crippen MR) is 99.2 cm³/mol. The van der Waals surface area contributed by atoms with E-state index in [4.69, 9.17) is 9.72 Å². The summed E-state index contributed by atoms with van der Waals surface area (Å²) in [6.07, 6.45) is 3.18. The van der Waals surface area contributed by atoms with Gasteiger partial charge in [-0.2, -0.15) is 0 Å². The van der Waals surface area contributed by atoms with Crippen LogP contribution in [0.15, 0.2) is 18.3 Å². The maximum atomic E-state index is 13.0. The largest absolute Gasteiger partial charge is 0.447 e. The third kappa shape index (κ3) is 2.48. The first kappa shape index (κ1) is 17.0. The van der Waals surface area contributed by atoms with Gasteiger partial charge in [0, 0.05) is 30.9 Å². The number of cyclic esters (lactones) is 1. The highest BCUT2D eigenvalue weighted by Gasteiger charge is 2.62. The number of piperidine rings is 1. The van der Waals surface area contributed by atoms with Crippen LogP contribution >= 0.6 is 0 Å². The normalized spacial score (nSPS) is 36.9. The lowest BCUT2D eigenvalue weighted by Gasteiger charge is -2.45. The first-order valence-electron chi connectivity index (χ1n) is 9.99. The molecule has 144 valence electrons. The molecular weight excluding hydrogens is 342 g/mol. The molecule has 2 saturated heterocycles. The maximum Gasteiger partial charge on any atom is 0.407 e. The first-order chi connectivity index (χ1) is 12.8. The van der Waals surface area contributed by atoms with E-state index < -0.39 is 5.54 Å². The van der Waals surface area contributed by atoms with Crippen LogP contribution in [0.1, 0.15) is 50.8 Å². The number of fused-ring (bicyclic) bond motifs is 1. The second-order valence-electron chi connectivity index (χ2n) is 9.73. The van der Waals surface area contributed by atoms with Gasteiger partial charge in [0.05, 0.1) is 11.5 Å². The lowest BCUT2D eigenvalue weighted by molar-refractivity contribution is -0.142. The van der Waals surface area contributed by atoms with E-state index in [-0.39, 0.29) is 23.3 Å². The number of carbonyl (C=O) groups is 2. The number of rotatable bonds is 2. The van der Waals surface area contributed by atoms with Crippen LogP contribution in [0.25, 0.3) is 0 Å². The quantitative estimate of drug-likeness (QED) is 0.869. The summed E-state index contributed by atoms with van der Waals surface area (Å²) in [5, 5.41) is 2.88. The summed E-state index contributed by atoms with van der Waals surface area (Å²) in [6.45, 7) is 8.65. The van der Waals surface area contributed by atoms with E-state index in [0.717, 1.165) is 25.9 Å². The zero-order chi connectivity index (χ0) is 19.0. The molecule has 27 heavy (non-hydrogen) atoms. The lowest BCUT2D eigenvalue weighted by atomic mass is 9.66. The van der Waals surface area contributed by atoms with Crippen molar-refractivity contribution in [3.63, 3.8) is 0 Å². The smallest absolute Gasteiger partial charge is 0.407 e. The molecule has 6 nitrogen and oxygen atoms in total. The van der Waals surface area contributed by atoms with Crippen LogP contribution in [0.5, 0.6) is 0 Å². The highest BCUT2D eigenvalue weighted by atomic mass is 16.6. The van der Waals surface area contributed by atoms with Gasteiger partial charge >= 0.3 is 6.09 Å². The van der Waals surface area contributed by atoms with E-state index in [0.29, 0.717) is 24.4 Å². The van der Waals surface area contributed by atoms with E-state index in [2.05, 4.69) is 32.2 Å². The Hall–Kier alpha value is -2.11. The van der Waals surface area contributed by atoms with Gasteiger partial charge in [0.15, 0.2) is 0 Å². The SMILES string of the molecule is CC(C)(C)c1cccnc1C1C2CN(C(=O)C3CCC34COC(=O)N4)CC21. The third-order valence-electron chi connectivity index (χ3n) is 7.12. The van der Waals surface area contributed by atoms with Crippen LogP contribution in [0.2, 0.25) is 0 Å². The molecule has 0 radical (unpaired) electrons. The molecule has 1 N–H and O–H groups in total. The highest BCUT2D eigenvalue weighted by molar-refractivity contribution is 5.84. The van der Waals surface area contributed by atoms with E-state index in [1.165, 1.54) is 11.3 Å². The fourth-order valence-corrected chi connectivity index (χ4v) is 5.44. The van der Waals surface area contributed by atoms with Crippen molar-refractivity contribution in [2.75, 3.05) is 19.7 Å². The molecule has 6 heteroatoms. The summed E-state index contributed by atoms with van der Waals surface area (Å²) in [6, 6.07) is 4.21. The van der Waals surface area contributed by atoms with Crippen molar-refractivity contribution in [1.82, 2.24) is 15.2 Å². The van der Waals surface area contributed by atoms with Gasteiger partial charge in [-0.25, -0.2) is 4.79 Å². The number of aromatic nitrogens is 1. The zero-order valence-corrected chi connectivity index (χ0v) is 16.2. The van der Waals surface area contributed by atoms with Crippen molar-refractivity contribution in [2.24, 2.45) is 17.8 Å². The van der Waals surface area contributed by atoms with Gasteiger partial charge in [-0.3, -0.25) is 9.78 Å². The van der Waals surface area contributed by atoms with Gasteiger partial charge in [0.25, 0.3) is 0 Å². The van der Waals surface area contributed by atoms with Gasteiger partial charge in [-0.1, -0.05) is 26.8 Å². The lowest BCUT2D eigenvalue weighted by Crippen LogP contribution is -2.62. The molecule has 2 amide bonds. The Morgan fingerprint density at radius 2 is 2.07 bits per heavy atom. The molecule has 4 aliphatic rings. The monoisotopic (exact) mass is 369 g/mol. The number of pyridine rings is 1. The Labute approximate surface area is 159 Å². The van der Waals surface area contributed by atoms with Gasteiger partial charge in [0.2, 0.25) is 5.91 Å². The van der Waals surface area contributed by atoms with Crippen molar-refractivity contribution < 1.29 is 14.3 Å². The van der Waals surface area contributed by atoms with E-state index in [9.17, 15) is 9.59 Å². The summed E-state index contributed by atoms with van der Waals surface area (Å²) in [5.74, 6) is 1.59. The van der Waals surface area contributed by atoms with Crippen molar-refractivity contribution in [3.05, 3.63) is 29.6 Å². The molecule has 2 saturated carbocycles. The number of alkyl carbamates (subject to hydrolysis) is 1. The summed E-state index contributed by atoms with van der Waals surface area (Å²) in [7, 11) is 0. The number of nitrogens with one attached hydrogen (secondary N) is 1. The van der Waals surface area contributed by atoms with Crippen LogP contribution in [0, 0.1) is 17.8 Å². The van der Waals surface area contributed by atoms with Crippen LogP contribution in [-0.2, 0) is 14.9 Å². The molecule has 2 aliphatic heterocycles. The molecule has 1 aromatic rings. The van der Waals surface area contributed by atoms with Gasteiger partial charge in [0.1, 0.15) is 6.61 Å². The number of amides is 2. The van der Waals surface area contributed by atoms with E-state index in [1.54, 1.807) is 0 Å². The Morgan fingerprint density at radius 1 is 1.33 bits per heavy atom. The minimum Gasteiger partial charge on any atom is -0.447 e. The van der Waals surface area contributed by atoms with Crippen LogP contribution in [-0.4, -0.2) is 47.1 Å². The average molecular weight is 369 g/mol. The highest BCUT2D eigenvalue weighted by Crippen LogP contribution is 2.59. The van der Waals surface area contributed by atoms with Crippen molar-refractivity contribution >= 4 is 12.0 Å². The van der Waals surface area contributed by atoms with Gasteiger partial charge in [-0.15, -0.1) is 0 Å². The Morgan fingerprint density at radius 3 is 2.63 bits per heavy atom. The fraction of sp³-hybridized carbons (Fsp3) is 0.667. The van der Waals surface area contributed by atoms with Crippen LogP contribution in [0.3, 0.4) is 0 Å². The Balaban J connectivity index is 1.27. The molecule has 0 bridgehead atoms. The molecule has 1 spiro atoms. The van der Waals surface area contributed by atoms with Gasteiger partial charge in [-0.05, 0) is 41.7 Å². The number of hydrogen-bond donors (Lipinski definition) is 1. The second-order valence-corrected chi connectivity index (χ2v) is 9.73. The molecule has 3 heterocycles. The molecule has 1 aromatic heterocycles. The Bertz CT molecular complexity index is 805. The second kappa shape index (κ2) is 5.46. The van der Waals surface area contributed by atoms with E-state index in [1.807, 2.05) is 17.2 Å². The van der Waals surface area contributed by atoms with Crippen molar-refractivity contribution in [1.29, 1.82) is 0 Å². The molecule has 4 fully saturated rings. The molecule has 0 aromatic carbocycles. The topological polar surface area (TPSA) is 71.5 Å². The van der Waals surface area contributed by atoms with Crippen molar-refractivity contribution in [2.45, 2.75) is 50.5 Å². The minimum atomic E-state index is -0.444. The first-order valence-corrected chi connectivity index (χ1v) is 9.99. The molecule has 4 unspecified atom stereocenters. The molecule has 5 rings (SSSR count). The molecular formula is C21H27N3O3. The minimum absolute atomic E-state index is 0.0784. The van der Waals surface area contributed by atoms with Crippen LogP contribution < -0.4 is 5.32 Å². The number of carbonyl (C=O) groups excluding carboxylic acids is 2.